The van der Waals surface area contributed by atoms with Crippen LogP contribution in [0.2, 0.25) is 0 Å². The van der Waals surface area contributed by atoms with Gasteiger partial charge in [-0.2, -0.15) is 0 Å². The van der Waals surface area contributed by atoms with E-state index < -0.39 is 0 Å². The monoisotopic (exact) mass is 258 g/mol. The molecule has 2 aromatic rings. The summed E-state index contributed by atoms with van der Waals surface area (Å²) in [4.78, 5) is 7.21. The highest BCUT2D eigenvalue weighted by Crippen LogP contribution is 2.33. The molecular weight excluding hydrogens is 236 g/mol. The molecule has 1 unspecified atom stereocenters. The third kappa shape index (κ3) is 2.15. The highest BCUT2D eigenvalue weighted by molar-refractivity contribution is 5.48. The van der Waals surface area contributed by atoms with Crippen molar-refractivity contribution in [1.82, 2.24) is 14.3 Å². The van der Waals surface area contributed by atoms with E-state index in [1.165, 1.54) is 25.2 Å². The summed E-state index contributed by atoms with van der Waals surface area (Å²) < 4.78 is 2.21. The van der Waals surface area contributed by atoms with E-state index in [4.69, 9.17) is 5.73 Å². The molecule has 4 nitrogen and oxygen atoms in total. The predicted octanol–water partition coefficient (Wildman–Crippen LogP) is 2.34. The maximum Gasteiger partial charge on any atom is 0.130 e. The first kappa shape index (κ1) is 12.6. The van der Waals surface area contributed by atoms with Crippen molar-refractivity contribution < 1.29 is 0 Å². The number of hydrogen-bond donors (Lipinski definition) is 1. The zero-order valence-corrected chi connectivity index (χ0v) is 11.7. The van der Waals surface area contributed by atoms with Crippen molar-refractivity contribution in [2.75, 3.05) is 6.54 Å². The summed E-state index contributed by atoms with van der Waals surface area (Å²) in [7, 11) is 0. The molecule has 19 heavy (non-hydrogen) atoms. The average Bonchev–Trinajstić information content (AvgIpc) is 3.03. The van der Waals surface area contributed by atoms with E-state index in [-0.39, 0.29) is 0 Å². The molecule has 0 aromatic carbocycles. The Bertz CT molecular complexity index is 573. The van der Waals surface area contributed by atoms with Crippen LogP contribution in [0.1, 0.15) is 44.1 Å². The molecule has 2 aromatic heterocycles. The van der Waals surface area contributed by atoms with Gasteiger partial charge in [0.2, 0.25) is 0 Å². The molecule has 0 aliphatic carbocycles. The largest absolute Gasteiger partial charge is 0.326 e. The van der Waals surface area contributed by atoms with Crippen LogP contribution in [-0.2, 0) is 6.54 Å². The lowest BCUT2D eigenvalue weighted by Crippen LogP contribution is -2.31. The predicted molar refractivity (Wildman–Crippen MR) is 76.9 cm³/mol. The number of imidazole rings is 1. The van der Waals surface area contributed by atoms with E-state index in [0.717, 1.165) is 11.1 Å². The molecule has 1 saturated heterocycles. The van der Waals surface area contributed by atoms with Crippen molar-refractivity contribution in [2.24, 2.45) is 5.73 Å². The van der Waals surface area contributed by atoms with Gasteiger partial charge in [-0.1, -0.05) is 0 Å². The maximum atomic E-state index is 5.69. The van der Waals surface area contributed by atoms with Gasteiger partial charge in [0, 0.05) is 18.8 Å². The van der Waals surface area contributed by atoms with Crippen molar-refractivity contribution >= 4 is 5.52 Å². The van der Waals surface area contributed by atoms with Crippen molar-refractivity contribution in [3.63, 3.8) is 0 Å². The summed E-state index contributed by atoms with van der Waals surface area (Å²) in [6.07, 6.45) is 6.54. The van der Waals surface area contributed by atoms with Crippen LogP contribution in [0.4, 0.5) is 0 Å². The van der Waals surface area contributed by atoms with E-state index in [1.54, 1.807) is 0 Å². The lowest BCUT2D eigenvalue weighted by atomic mass is 10.2. The Kier molecular flexibility index (Phi) is 3.29. The van der Waals surface area contributed by atoms with Crippen LogP contribution in [0.25, 0.3) is 5.52 Å². The Balaban J connectivity index is 2.01. The zero-order chi connectivity index (χ0) is 13.4. The van der Waals surface area contributed by atoms with Gasteiger partial charge in [-0.3, -0.25) is 4.90 Å². The van der Waals surface area contributed by atoms with Crippen LogP contribution in [0.5, 0.6) is 0 Å². The molecule has 1 atom stereocenters. The van der Waals surface area contributed by atoms with Crippen LogP contribution in [0, 0.1) is 0 Å². The van der Waals surface area contributed by atoms with E-state index in [2.05, 4.69) is 46.5 Å². The quantitative estimate of drug-likeness (QED) is 0.919. The minimum Gasteiger partial charge on any atom is -0.326 e. The fraction of sp³-hybridized carbons (Fsp3) is 0.533. The first-order valence-corrected chi connectivity index (χ1v) is 7.12. The Hall–Kier alpha value is -1.39. The van der Waals surface area contributed by atoms with Crippen molar-refractivity contribution in [3.8, 4) is 0 Å². The smallest absolute Gasteiger partial charge is 0.130 e. The number of rotatable bonds is 3. The number of pyridine rings is 1. The topological polar surface area (TPSA) is 46.6 Å². The first-order chi connectivity index (χ1) is 9.20. The van der Waals surface area contributed by atoms with Crippen LogP contribution in [0.3, 0.4) is 0 Å². The van der Waals surface area contributed by atoms with E-state index in [9.17, 15) is 0 Å². The maximum absolute atomic E-state index is 5.69. The molecule has 0 spiro atoms. The van der Waals surface area contributed by atoms with Gasteiger partial charge in [0.15, 0.2) is 0 Å². The molecule has 4 heteroatoms. The van der Waals surface area contributed by atoms with Crippen LogP contribution < -0.4 is 5.73 Å². The van der Waals surface area contributed by atoms with Gasteiger partial charge in [0.05, 0.1) is 17.8 Å². The minimum absolute atomic E-state index is 0.450. The summed E-state index contributed by atoms with van der Waals surface area (Å²) in [5.74, 6) is 1.17. The number of aromatic nitrogens is 2. The second kappa shape index (κ2) is 4.94. The molecule has 102 valence electrons. The van der Waals surface area contributed by atoms with Crippen molar-refractivity contribution in [1.29, 1.82) is 0 Å². The molecule has 0 radical (unpaired) electrons. The molecule has 1 aliphatic heterocycles. The molecular formula is C15H22N4. The number of likely N-dealkylation sites (tertiary alicyclic amines) is 1. The summed E-state index contributed by atoms with van der Waals surface area (Å²) in [5, 5.41) is 0. The van der Waals surface area contributed by atoms with Gasteiger partial charge in [-0.25, -0.2) is 4.98 Å². The SMILES string of the molecule is CC(C)N1CCCC1c1ncc2cc(CN)ccn12. The van der Waals surface area contributed by atoms with Crippen LogP contribution >= 0.6 is 0 Å². The lowest BCUT2D eigenvalue weighted by Gasteiger charge is -2.27. The Morgan fingerprint density at radius 2 is 2.32 bits per heavy atom. The number of hydrogen-bond acceptors (Lipinski definition) is 3. The van der Waals surface area contributed by atoms with E-state index in [0.29, 0.717) is 18.6 Å². The minimum atomic E-state index is 0.450. The fourth-order valence-electron chi connectivity index (χ4n) is 3.12. The van der Waals surface area contributed by atoms with Gasteiger partial charge < -0.3 is 10.1 Å². The van der Waals surface area contributed by atoms with E-state index >= 15 is 0 Å². The van der Waals surface area contributed by atoms with Gasteiger partial charge in [0.1, 0.15) is 5.82 Å². The molecule has 1 fully saturated rings. The molecule has 0 amide bonds. The van der Waals surface area contributed by atoms with Crippen molar-refractivity contribution in [2.45, 2.75) is 45.3 Å². The Labute approximate surface area is 114 Å². The average molecular weight is 258 g/mol. The van der Waals surface area contributed by atoms with E-state index in [1.807, 2.05) is 6.20 Å². The van der Waals surface area contributed by atoms with Crippen LogP contribution in [-0.4, -0.2) is 26.9 Å². The summed E-state index contributed by atoms with van der Waals surface area (Å²) in [6.45, 7) is 6.29. The zero-order valence-electron chi connectivity index (χ0n) is 11.7. The van der Waals surface area contributed by atoms with Crippen LogP contribution in [0.15, 0.2) is 24.5 Å². The highest BCUT2D eigenvalue weighted by Gasteiger charge is 2.30. The first-order valence-electron chi connectivity index (χ1n) is 7.12. The fourth-order valence-corrected chi connectivity index (χ4v) is 3.12. The highest BCUT2D eigenvalue weighted by atomic mass is 15.2. The molecule has 3 heterocycles. The third-order valence-corrected chi connectivity index (χ3v) is 4.12. The van der Waals surface area contributed by atoms with Gasteiger partial charge in [-0.05, 0) is 50.9 Å². The van der Waals surface area contributed by atoms with Gasteiger partial charge in [-0.15, -0.1) is 0 Å². The number of fused-ring (bicyclic) bond motifs is 1. The third-order valence-electron chi connectivity index (χ3n) is 4.12. The molecule has 3 rings (SSSR count). The summed E-state index contributed by atoms with van der Waals surface area (Å²) >= 11 is 0. The Morgan fingerprint density at radius 3 is 3.05 bits per heavy atom. The molecule has 1 aliphatic rings. The second-order valence-corrected chi connectivity index (χ2v) is 5.64. The molecule has 0 bridgehead atoms. The van der Waals surface area contributed by atoms with Gasteiger partial charge >= 0.3 is 0 Å². The normalized spacial score (nSPS) is 20.7. The number of nitrogens with zero attached hydrogens (tertiary/aromatic N) is 3. The van der Waals surface area contributed by atoms with Gasteiger partial charge in [0.25, 0.3) is 0 Å². The number of nitrogens with two attached hydrogens (primary N) is 1. The van der Waals surface area contributed by atoms with Crippen molar-refractivity contribution in [3.05, 3.63) is 35.9 Å². The Morgan fingerprint density at radius 1 is 1.47 bits per heavy atom. The second-order valence-electron chi connectivity index (χ2n) is 5.64. The molecule has 0 saturated carbocycles. The summed E-state index contributed by atoms with van der Waals surface area (Å²) in [5.41, 5.74) is 8.00. The summed E-state index contributed by atoms with van der Waals surface area (Å²) in [6, 6.07) is 5.24. The molecule has 2 N–H and O–H groups in total. The standard InChI is InChI=1S/C15H22N4/c1-11(2)18-6-3-4-14(18)15-17-10-13-8-12(9-16)5-7-19(13)15/h5,7-8,10-11,14H,3-4,6,9,16H2,1-2H3. The lowest BCUT2D eigenvalue weighted by molar-refractivity contribution is 0.198.